The molecule has 6 nitrogen and oxygen atoms in total. The number of halogens is 1. The molecule has 0 saturated heterocycles. The third-order valence-electron chi connectivity index (χ3n) is 1.77. The largest absolute Gasteiger partial charge is 0.768 e. The number of nitrogens with one attached hydrogen (secondary N) is 1. The van der Waals surface area contributed by atoms with Crippen molar-refractivity contribution in [3.63, 3.8) is 0 Å². The maximum absolute atomic E-state index is 11.1. The minimum absolute atomic E-state index is 0.106. The summed E-state index contributed by atoms with van der Waals surface area (Å²) in [7, 11) is 0. The van der Waals surface area contributed by atoms with E-state index in [0.717, 1.165) is 6.08 Å². The first-order valence-corrected chi connectivity index (χ1v) is 6.35. The number of aliphatic carboxylic acids is 1. The monoisotopic (exact) mass is 282 g/mol. The van der Waals surface area contributed by atoms with Crippen LogP contribution in [0.15, 0.2) is 10.4 Å². The van der Waals surface area contributed by atoms with Crippen LogP contribution in [0.1, 0.15) is 25.7 Å². The molecule has 0 aromatic rings. The van der Waals surface area contributed by atoms with Crippen molar-refractivity contribution >= 4 is 34.6 Å². The maximum Gasteiger partial charge on any atom is 0.303 e. The van der Waals surface area contributed by atoms with Crippen LogP contribution in [-0.2, 0) is 20.7 Å². The summed E-state index contributed by atoms with van der Waals surface area (Å²) >= 11 is 2.63. The molecule has 1 unspecified atom stereocenters. The molecule has 98 valence electrons. The van der Waals surface area contributed by atoms with Gasteiger partial charge in [-0.2, -0.15) is 0 Å². The van der Waals surface area contributed by atoms with Crippen LogP contribution in [0.5, 0.6) is 0 Å². The van der Waals surface area contributed by atoms with Gasteiger partial charge in [-0.3, -0.25) is 13.8 Å². The average molecular weight is 283 g/mol. The fourth-order valence-corrected chi connectivity index (χ4v) is 1.29. The first kappa shape index (κ1) is 16.1. The number of carbonyl (C=O) groups is 2. The van der Waals surface area contributed by atoms with Crippen molar-refractivity contribution in [1.29, 1.82) is 0 Å². The zero-order chi connectivity index (χ0) is 13.3. The van der Waals surface area contributed by atoms with Crippen molar-refractivity contribution in [2.75, 3.05) is 6.54 Å². The van der Waals surface area contributed by atoms with Gasteiger partial charge in [0.15, 0.2) is 0 Å². The molecule has 0 spiro atoms. The lowest BCUT2D eigenvalue weighted by molar-refractivity contribution is -0.137. The molecule has 1 atom stereocenters. The van der Waals surface area contributed by atoms with Gasteiger partial charge < -0.3 is 15.0 Å². The Hall–Kier alpha value is -0.920. The molecule has 0 heterocycles. The van der Waals surface area contributed by atoms with Crippen molar-refractivity contribution in [2.45, 2.75) is 25.7 Å². The minimum atomic E-state index is -2.60. The van der Waals surface area contributed by atoms with E-state index in [1.165, 1.54) is 0 Å². The fourth-order valence-electron chi connectivity index (χ4n) is 0.992. The van der Waals surface area contributed by atoms with Crippen LogP contribution in [0.4, 0.5) is 0 Å². The number of carboxylic acid groups (broad SMARTS) is 1. The van der Waals surface area contributed by atoms with Gasteiger partial charge >= 0.3 is 5.97 Å². The molecule has 0 aliphatic carbocycles. The number of amides is 1. The van der Waals surface area contributed by atoms with Crippen molar-refractivity contribution in [3.05, 3.63) is 10.4 Å². The summed E-state index contributed by atoms with van der Waals surface area (Å²) in [4.78, 5) is 21.2. The summed E-state index contributed by atoms with van der Waals surface area (Å²) in [6.07, 6.45) is 2.74. The van der Waals surface area contributed by atoms with Crippen LogP contribution < -0.4 is 5.32 Å². The summed E-state index contributed by atoms with van der Waals surface area (Å²) in [5.41, 5.74) is 0. The van der Waals surface area contributed by atoms with Crippen molar-refractivity contribution < 1.29 is 23.5 Å². The molecule has 0 aromatic heterocycles. The molecule has 0 saturated carbocycles. The Morgan fingerprint density at radius 1 is 1.35 bits per heavy atom. The van der Waals surface area contributed by atoms with Crippen molar-refractivity contribution in [2.24, 2.45) is 0 Å². The highest BCUT2D eigenvalue weighted by Crippen LogP contribution is 2.04. The third-order valence-corrected chi connectivity index (χ3v) is 2.69. The number of hydrogen-bond donors (Lipinski definition) is 2. The quantitative estimate of drug-likeness (QED) is 0.387. The van der Waals surface area contributed by atoms with E-state index in [4.69, 9.17) is 16.7 Å². The zero-order valence-electron chi connectivity index (χ0n) is 8.98. The molecule has 0 aliphatic heterocycles. The molecule has 0 aliphatic rings. The summed E-state index contributed by atoms with van der Waals surface area (Å²) in [5.74, 6) is -1.43. The van der Waals surface area contributed by atoms with Gasteiger partial charge in [-0.15, -0.1) is 0 Å². The Kier molecular flexibility index (Phi) is 8.65. The SMILES string of the molecule is O=C(O)CCCCCNC(=O)/C=C(/Cl)S(=O)[O-]. The molecule has 0 radical (unpaired) electrons. The Bertz CT molecular complexity index is 331. The van der Waals surface area contributed by atoms with Gasteiger partial charge in [0.2, 0.25) is 5.91 Å². The van der Waals surface area contributed by atoms with E-state index in [2.05, 4.69) is 5.32 Å². The highest BCUT2D eigenvalue weighted by molar-refractivity contribution is 7.85. The van der Waals surface area contributed by atoms with E-state index in [1.54, 1.807) is 0 Å². The van der Waals surface area contributed by atoms with E-state index in [-0.39, 0.29) is 6.42 Å². The van der Waals surface area contributed by atoms with Gasteiger partial charge in [0.25, 0.3) is 0 Å². The normalized spacial score (nSPS) is 13.2. The number of hydrogen-bond acceptors (Lipinski definition) is 4. The van der Waals surface area contributed by atoms with E-state index in [9.17, 15) is 18.4 Å². The molecule has 0 bridgehead atoms. The fraction of sp³-hybridized carbons (Fsp3) is 0.556. The Morgan fingerprint density at radius 3 is 2.53 bits per heavy atom. The standard InChI is InChI=1S/C9H14ClNO5S/c10-7(17(15)16)6-8(12)11-5-3-1-2-4-9(13)14/h6H,1-5H2,(H,11,12)(H,13,14)(H,15,16)/p-1/b7-6-. The number of carboxylic acids is 1. The van der Waals surface area contributed by atoms with E-state index >= 15 is 0 Å². The van der Waals surface area contributed by atoms with Crippen LogP contribution in [0.25, 0.3) is 0 Å². The zero-order valence-corrected chi connectivity index (χ0v) is 10.6. The van der Waals surface area contributed by atoms with Crippen molar-refractivity contribution in [1.82, 2.24) is 5.32 Å². The Morgan fingerprint density at radius 2 is 2.00 bits per heavy atom. The van der Waals surface area contributed by atoms with E-state index in [0.29, 0.717) is 25.8 Å². The average Bonchev–Trinajstić information content (AvgIpc) is 2.22. The predicted octanol–water partition coefficient (Wildman–Crippen LogP) is 0.707. The molecule has 17 heavy (non-hydrogen) atoms. The number of carbonyl (C=O) groups excluding carboxylic acids is 1. The molecular formula is C9H13ClNO5S-. The highest BCUT2D eigenvalue weighted by atomic mass is 35.5. The van der Waals surface area contributed by atoms with Crippen LogP contribution in [0.3, 0.4) is 0 Å². The first-order chi connectivity index (χ1) is 7.93. The van der Waals surface area contributed by atoms with Gasteiger partial charge in [-0.1, -0.05) is 18.0 Å². The molecule has 0 aromatic carbocycles. The lowest BCUT2D eigenvalue weighted by Crippen LogP contribution is -2.22. The van der Waals surface area contributed by atoms with Crippen LogP contribution in [-0.4, -0.2) is 32.3 Å². The van der Waals surface area contributed by atoms with Crippen molar-refractivity contribution in [3.8, 4) is 0 Å². The molecule has 0 fully saturated rings. The number of rotatable bonds is 8. The Balaban J connectivity index is 3.62. The summed E-state index contributed by atoms with van der Waals surface area (Å²) in [6.45, 7) is 0.352. The molecule has 1 amide bonds. The summed E-state index contributed by atoms with van der Waals surface area (Å²) < 4.78 is 20.0. The van der Waals surface area contributed by atoms with E-state index in [1.807, 2.05) is 0 Å². The molecule has 2 N–H and O–H groups in total. The summed E-state index contributed by atoms with van der Waals surface area (Å²) in [5, 5.41) is 10.8. The third kappa shape index (κ3) is 9.98. The van der Waals surface area contributed by atoms with Gasteiger partial charge in [0.1, 0.15) is 0 Å². The topological polar surface area (TPSA) is 107 Å². The smallest absolute Gasteiger partial charge is 0.303 e. The number of unbranched alkanes of at least 4 members (excludes halogenated alkanes) is 2. The highest BCUT2D eigenvalue weighted by Gasteiger charge is 2.00. The first-order valence-electron chi connectivity index (χ1n) is 4.89. The summed E-state index contributed by atoms with van der Waals surface area (Å²) in [6, 6.07) is 0. The van der Waals surface area contributed by atoms with E-state index < -0.39 is 27.3 Å². The second-order valence-corrected chi connectivity index (χ2v) is 4.72. The van der Waals surface area contributed by atoms with Crippen LogP contribution >= 0.6 is 11.6 Å². The maximum atomic E-state index is 11.1. The molecule has 0 rings (SSSR count). The Labute approximate surface area is 106 Å². The lowest BCUT2D eigenvalue weighted by Gasteiger charge is -2.04. The van der Waals surface area contributed by atoms with Gasteiger partial charge in [-0.05, 0) is 23.9 Å². The second-order valence-electron chi connectivity index (χ2n) is 3.18. The lowest BCUT2D eigenvalue weighted by atomic mass is 10.2. The molecule has 8 heteroatoms. The van der Waals surface area contributed by atoms with Crippen LogP contribution in [0, 0.1) is 0 Å². The van der Waals surface area contributed by atoms with Gasteiger partial charge in [-0.25, -0.2) is 0 Å². The van der Waals surface area contributed by atoms with Gasteiger partial charge in [0, 0.05) is 19.0 Å². The predicted molar refractivity (Wildman–Crippen MR) is 62.0 cm³/mol. The minimum Gasteiger partial charge on any atom is -0.768 e. The van der Waals surface area contributed by atoms with Gasteiger partial charge in [0.05, 0.1) is 4.36 Å². The van der Waals surface area contributed by atoms with Crippen LogP contribution in [0.2, 0.25) is 0 Å². The second kappa shape index (κ2) is 9.15. The molecular weight excluding hydrogens is 270 g/mol.